The summed E-state index contributed by atoms with van der Waals surface area (Å²) in [6.45, 7) is 5.59. The van der Waals surface area contributed by atoms with Gasteiger partial charge in [0.2, 0.25) is 0 Å². The molecule has 0 radical (unpaired) electrons. The summed E-state index contributed by atoms with van der Waals surface area (Å²) in [4.78, 5) is 13.7. The average Bonchev–Trinajstić information content (AvgIpc) is 3.25. The molecular formula is C23H23ClN6O. The zero-order chi connectivity index (χ0) is 21.4. The lowest BCUT2D eigenvalue weighted by Gasteiger charge is -2.37. The van der Waals surface area contributed by atoms with Crippen molar-refractivity contribution in [2.24, 2.45) is 0 Å². The van der Waals surface area contributed by atoms with E-state index in [1.807, 2.05) is 36.4 Å². The number of hydrogen-bond donors (Lipinski definition) is 1. The zero-order valence-corrected chi connectivity index (χ0v) is 18.2. The summed E-state index contributed by atoms with van der Waals surface area (Å²) in [5.41, 5.74) is 4.96. The van der Waals surface area contributed by atoms with Crippen LogP contribution in [0.1, 0.15) is 5.56 Å². The molecule has 8 heteroatoms. The highest BCUT2D eigenvalue weighted by atomic mass is 35.5. The van der Waals surface area contributed by atoms with E-state index in [9.17, 15) is 0 Å². The van der Waals surface area contributed by atoms with Crippen LogP contribution in [-0.2, 0) is 0 Å². The Bertz CT molecular complexity index is 1230. The van der Waals surface area contributed by atoms with E-state index in [0.717, 1.165) is 65.1 Å². The maximum atomic E-state index is 6.24. The number of nitrogens with zero attached hydrogens (tertiary/aromatic N) is 5. The maximum Gasteiger partial charge on any atom is 0.161 e. The Labute approximate surface area is 185 Å². The molecule has 31 heavy (non-hydrogen) atoms. The van der Waals surface area contributed by atoms with Gasteiger partial charge >= 0.3 is 0 Å². The fourth-order valence-electron chi connectivity index (χ4n) is 4.15. The molecule has 0 bridgehead atoms. The van der Waals surface area contributed by atoms with Crippen LogP contribution in [0.3, 0.4) is 0 Å². The molecule has 0 spiro atoms. The minimum atomic E-state index is 0.732. The van der Waals surface area contributed by atoms with E-state index in [1.165, 1.54) is 11.3 Å². The lowest BCUT2D eigenvalue weighted by atomic mass is 10.1. The summed E-state index contributed by atoms with van der Waals surface area (Å²) >= 11 is 6.24. The van der Waals surface area contributed by atoms with Crippen LogP contribution in [0.15, 0.2) is 48.8 Å². The van der Waals surface area contributed by atoms with Crippen molar-refractivity contribution in [2.45, 2.75) is 6.92 Å². The number of hydrogen-bond acceptors (Lipinski definition) is 6. The van der Waals surface area contributed by atoms with E-state index in [2.05, 4.69) is 43.0 Å². The van der Waals surface area contributed by atoms with Crippen molar-refractivity contribution in [3.05, 3.63) is 59.4 Å². The van der Waals surface area contributed by atoms with E-state index in [-0.39, 0.29) is 0 Å². The highest BCUT2D eigenvalue weighted by Crippen LogP contribution is 2.34. The molecule has 1 N–H and O–H groups in total. The number of aromatic nitrogens is 4. The molecule has 2 aromatic carbocycles. The summed E-state index contributed by atoms with van der Waals surface area (Å²) < 4.78 is 5.39. The van der Waals surface area contributed by atoms with Crippen LogP contribution in [-0.4, -0.2) is 53.5 Å². The number of fused-ring (bicyclic) bond motifs is 1. The Hall–Kier alpha value is -3.32. The van der Waals surface area contributed by atoms with Crippen molar-refractivity contribution >= 4 is 34.1 Å². The van der Waals surface area contributed by atoms with Gasteiger partial charge in [-0.2, -0.15) is 5.10 Å². The van der Waals surface area contributed by atoms with Gasteiger partial charge in [0.05, 0.1) is 12.5 Å². The van der Waals surface area contributed by atoms with E-state index in [4.69, 9.17) is 16.3 Å². The molecule has 2 aromatic heterocycles. The van der Waals surface area contributed by atoms with Gasteiger partial charge in [-0.15, -0.1) is 0 Å². The Balaban J connectivity index is 1.46. The summed E-state index contributed by atoms with van der Waals surface area (Å²) in [5, 5.41) is 9.30. The molecule has 0 saturated carbocycles. The standard InChI is InChI=1S/C23H23ClN6O/c1-15-6-7-17(24)13-19(15)29-8-10-30(11-9-29)23-20-21(27-28-22(20)25-14-26-23)16-4-3-5-18(12-16)31-2/h3-7,12-14H,8-11H2,1-2H3,(H,25,26,27,28). The van der Waals surface area contributed by atoms with Crippen molar-refractivity contribution in [3.63, 3.8) is 0 Å². The highest BCUT2D eigenvalue weighted by Gasteiger charge is 2.24. The molecule has 0 atom stereocenters. The molecule has 1 fully saturated rings. The number of H-pyrrole nitrogens is 1. The van der Waals surface area contributed by atoms with Gasteiger partial charge in [-0.1, -0.05) is 29.8 Å². The summed E-state index contributed by atoms with van der Waals surface area (Å²) in [6.07, 6.45) is 1.60. The zero-order valence-electron chi connectivity index (χ0n) is 17.5. The Morgan fingerprint density at radius 3 is 2.61 bits per heavy atom. The smallest absolute Gasteiger partial charge is 0.161 e. The Kier molecular flexibility index (Phi) is 5.11. The molecule has 7 nitrogen and oxygen atoms in total. The lowest BCUT2D eigenvalue weighted by molar-refractivity contribution is 0.415. The fraction of sp³-hybridized carbons (Fsp3) is 0.261. The average molecular weight is 435 g/mol. The molecule has 4 aromatic rings. The predicted molar refractivity (Wildman–Crippen MR) is 124 cm³/mol. The quantitative estimate of drug-likeness (QED) is 0.516. The van der Waals surface area contributed by atoms with Crippen molar-refractivity contribution in [1.82, 2.24) is 20.2 Å². The van der Waals surface area contributed by atoms with Gasteiger partial charge < -0.3 is 14.5 Å². The van der Waals surface area contributed by atoms with E-state index in [0.29, 0.717) is 0 Å². The number of methoxy groups -OCH3 is 1. The highest BCUT2D eigenvalue weighted by molar-refractivity contribution is 6.30. The van der Waals surface area contributed by atoms with Crippen LogP contribution in [0.5, 0.6) is 5.75 Å². The van der Waals surface area contributed by atoms with E-state index < -0.39 is 0 Å². The van der Waals surface area contributed by atoms with Gasteiger partial charge in [0.15, 0.2) is 5.65 Å². The van der Waals surface area contributed by atoms with Gasteiger partial charge in [0.25, 0.3) is 0 Å². The van der Waals surface area contributed by atoms with Crippen LogP contribution in [0.25, 0.3) is 22.3 Å². The fourth-order valence-corrected chi connectivity index (χ4v) is 4.31. The first kappa shape index (κ1) is 19.6. The Morgan fingerprint density at radius 1 is 1.00 bits per heavy atom. The molecule has 1 aliphatic heterocycles. The number of piperazine rings is 1. The second kappa shape index (κ2) is 8.07. The van der Waals surface area contributed by atoms with Gasteiger partial charge in [-0.25, -0.2) is 9.97 Å². The van der Waals surface area contributed by atoms with Gasteiger partial charge in [-0.05, 0) is 36.8 Å². The van der Waals surface area contributed by atoms with Crippen LogP contribution in [0, 0.1) is 6.92 Å². The number of aromatic amines is 1. The summed E-state index contributed by atoms with van der Waals surface area (Å²) in [7, 11) is 1.66. The number of benzene rings is 2. The first-order chi connectivity index (χ1) is 15.1. The second-order valence-electron chi connectivity index (χ2n) is 7.63. The summed E-state index contributed by atoms with van der Waals surface area (Å²) in [5.74, 6) is 1.69. The molecule has 0 unspecified atom stereocenters. The van der Waals surface area contributed by atoms with Crippen LogP contribution in [0.2, 0.25) is 5.02 Å². The van der Waals surface area contributed by atoms with Gasteiger partial charge in [0.1, 0.15) is 23.6 Å². The minimum absolute atomic E-state index is 0.732. The minimum Gasteiger partial charge on any atom is -0.497 e. The topological polar surface area (TPSA) is 70.2 Å². The monoisotopic (exact) mass is 434 g/mol. The first-order valence-electron chi connectivity index (χ1n) is 10.2. The molecular weight excluding hydrogens is 412 g/mol. The largest absolute Gasteiger partial charge is 0.497 e. The third-order valence-corrected chi connectivity index (χ3v) is 6.01. The predicted octanol–water partition coefficient (Wildman–Crippen LogP) is 4.32. The van der Waals surface area contributed by atoms with Gasteiger partial charge in [0, 0.05) is 42.5 Å². The normalized spacial score (nSPS) is 14.3. The molecule has 158 valence electrons. The maximum absolute atomic E-state index is 6.24. The number of rotatable bonds is 4. The summed E-state index contributed by atoms with van der Waals surface area (Å²) in [6, 6.07) is 13.9. The number of ether oxygens (including phenoxy) is 1. The van der Waals surface area contributed by atoms with Crippen LogP contribution >= 0.6 is 11.6 Å². The van der Waals surface area contributed by atoms with Crippen LogP contribution < -0.4 is 14.5 Å². The first-order valence-corrected chi connectivity index (χ1v) is 10.6. The van der Waals surface area contributed by atoms with Crippen molar-refractivity contribution in [3.8, 4) is 17.0 Å². The van der Waals surface area contributed by atoms with Crippen molar-refractivity contribution < 1.29 is 4.74 Å². The molecule has 1 saturated heterocycles. The van der Waals surface area contributed by atoms with Crippen molar-refractivity contribution in [2.75, 3.05) is 43.1 Å². The second-order valence-corrected chi connectivity index (χ2v) is 8.07. The third kappa shape index (κ3) is 3.65. The van der Waals surface area contributed by atoms with Crippen LogP contribution in [0.4, 0.5) is 11.5 Å². The Morgan fingerprint density at radius 2 is 1.81 bits per heavy atom. The lowest BCUT2D eigenvalue weighted by Crippen LogP contribution is -2.47. The molecule has 0 amide bonds. The van der Waals surface area contributed by atoms with Gasteiger partial charge in [-0.3, -0.25) is 5.10 Å². The van der Waals surface area contributed by atoms with Crippen molar-refractivity contribution in [1.29, 1.82) is 0 Å². The third-order valence-electron chi connectivity index (χ3n) is 5.77. The van der Waals surface area contributed by atoms with E-state index in [1.54, 1.807) is 13.4 Å². The number of anilines is 2. The molecule has 1 aliphatic rings. The number of nitrogens with one attached hydrogen (secondary N) is 1. The molecule has 0 aliphatic carbocycles. The SMILES string of the molecule is COc1cccc(-c2n[nH]c3ncnc(N4CCN(c5cc(Cl)ccc5C)CC4)c23)c1. The molecule has 5 rings (SSSR count). The number of aryl methyl sites for hydroxylation is 1. The van der Waals surface area contributed by atoms with E-state index >= 15 is 0 Å². The number of halogens is 1. The molecule has 3 heterocycles.